The molecule has 0 spiro atoms. The average Bonchev–Trinajstić information content (AvgIpc) is 2.52. The lowest BCUT2D eigenvalue weighted by atomic mass is 10.0. The summed E-state index contributed by atoms with van der Waals surface area (Å²) < 4.78 is 0. The van der Waals surface area contributed by atoms with Crippen molar-refractivity contribution in [1.82, 2.24) is 4.90 Å². The molecule has 1 N–H and O–H groups in total. The van der Waals surface area contributed by atoms with Crippen LogP contribution in [0.3, 0.4) is 0 Å². The summed E-state index contributed by atoms with van der Waals surface area (Å²) in [5.41, 5.74) is 0. The topological polar surface area (TPSA) is 23.5 Å². The van der Waals surface area contributed by atoms with Gasteiger partial charge in [-0.25, -0.2) is 0 Å². The first-order valence-corrected chi connectivity index (χ1v) is 6.26. The number of aliphatic hydroxyl groups excluding tert-OH is 1. The van der Waals surface area contributed by atoms with Gasteiger partial charge in [-0.15, -0.1) is 0 Å². The third kappa shape index (κ3) is 2.29. The molecule has 0 amide bonds. The van der Waals surface area contributed by atoms with Crippen molar-refractivity contribution in [2.45, 2.75) is 51.0 Å². The molecule has 0 bridgehead atoms. The van der Waals surface area contributed by atoms with Crippen molar-refractivity contribution in [3.63, 3.8) is 0 Å². The van der Waals surface area contributed by atoms with Gasteiger partial charge in [0.2, 0.25) is 0 Å². The first kappa shape index (κ1) is 10.4. The second-order valence-electron chi connectivity index (χ2n) is 4.89. The summed E-state index contributed by atoms with van der Waals surface area (Å²) in [5.74, 6) is 0.577. The Labute approximate surface area is 87.3 Å². The van der Waals surface area contributed by atoms with Crippen molar-refractivity contribution in [2.24, 2.45) is 5.92 Å². The highest BCUT2D eigenvalue weighted by atomic mass is 16.3. The zero-order chi connectivity index (χ0) is 9.80. The van der Waals surface area contributed by atoms with Gasteiger partial charge < -0.3 is 10.0 Å². The van der Waals surface area contributed by atoms with Gasteiger partial charge in [0.25, 0.3) is 0 Å². The summed E-state index contributed by atoms with van der Waals surface area (Å²) in [7, 11) is 0. The second kappa shape index (κ2) is 5.13. The van der Waals surface area contributed by atoms with Gasteiger partial charge in [0, 0.05) is 12.6 Å². The summed E-state index contributed by atoms with van der Waals surface area (Å²) in [6.45, 7) is 2.96. The first-order valence-electron chi connectivity index (χ1n) is 6.26. The van der Waals surface area contributed by atoms with E-state index >= 15 is 0 Å². The van der Waals surface area contributed by atoms with Gasteiger partial charge in [-0.1, -0.05) is 19.3 Å². The SMILES string of the molecule is OCC1CCCC1N1CCCCCC1. The molecule has 2 unspecified atom stereocenters. The van der Waals surface area contributed by atoms with Gasteiger partial charge in [-0.3, -0.25) is 0 Å². The van der Waals surface area contributed by atoms with Crippen molar-refractivity contribution in [2.75, 3.05) is 19.7 Å². The van der Waals surface area contributed by atoms with E-state index in [0.29, 0.717) is 18.6 Å². The summed E-state index contributed by atoms with van der Waals surface area (Å²) >= 11 is 0. The molecule has 82 valence electrons. The first-order chi connectivity index (χ1) is 6.92. The maximum atomic E-state index is 9.31. The van der Waals surface area contributed by atoms with E-state index in [2.05, 4.69) is 4.90 Å². The van der Waals surface area contributed by atoms with E-state index in [1.54, 1.807) is 0 Å². The van der Waals surface area contributed by atoms with Crippen LogP contribution in [0.2, 0.25) is 0 Å². The lowest BCUT2D eigenvalue weighted by molar-refractivity contribution is 0.119. The zero-order valence-corrected chi connectivity index (χ0v) is 9.12. The maximum absolute atomic E-state index is 9.31. The van der Waals surface area contributed by atoms with Crippen LogP contribution in [0.4, 0.5) is 0 Å². The average molecular weight is 197 g/mol. The van der Waals surface area contributed by atoms with Gasteiger partial charge in [0.15, 0.2) is 0 Å². The molecule has 1 heterocycles. The number of nitrogens with zero attached hydrogens (tertiary/aromatic N) is 1. The van der Waals surface area contributed by atoms with Crippen LogP contribution >= 0.6 is 0 Å². The minimum absolute atomic E-state index is 0.404. The van der Waals surface area contributed by atoms with Crippen LogP contribution in [-0.2, 0) is 0 Å². The number of aliphatic hydroxyl groups is 1. The minimum atomic E-state index is 0.404. The van der Waals surface area contributed by atoms with E-state index < -0.39 is 0 Å². The molecule has 14 heavy (non-hydrogen) atoms. The van der Waals surface area contributed by atoms with E-state index in [1.165, 1.54) is 58.0 Å². The summed E-state index contributed by atoms with van der Waals surface area (Å²) in [5, 5.41) is 9.31. The molecule has 1 aliphatic carbocycles. The monoisotopic (exact) mass is 197 g/mol. The Morgan fingerprint density at radius 2 is 1.64 bits per heavy atom. The van der Waals surface area contributed by atoms with Crippen molar-refractivity contribution in [3.05, 3.63) is 0 Å². The van der Waals surface area contributed by atoms with Crippen molar-refractivity contribution in [1.29, 1.82) is 0 Å². The van der Waals surface area contributed by atoms with E-state index in [1.807, 2.05) is 0 Å². The predicted octanol–water partition coefficient (Wildman–Crippen LogP) is 2.02. The fourth-order valence-corrected chi connectivity index (χ4v) is 3.14. The highest BCUT2D eigenvalue weighted by Crippen LogP contribution is 2.30. The second-order valence-corrected chi connectivity index (χ2v) is 4.89. The zero-order valence-electron chi connectivity index (χ0n) is 9.12. The van der Waals surface area contributed by atoms with Crippen LogP contribution in [0.25, 0.3) is 0 Å². The maximum Gasteiger partial charge on any atom is 0.0474 e. The Morgan fingerprint density at radius 1 is 0.929 bits per heavy atom. The summed E-state index contributed by atoms with van der Waals surface area (Å²) in [6.07, 6.45) is 9.46. The van der Waals surface area contributed by atoms with E-state index in [-0.39, 0.29) is 0 Å². The molecule has 1 saturated carbocycles. The lowest BCUT2D eigenvalue weighted by Crippen LogP contribution is -2.39. The van der Waals surface area contributed by atoms with E-state index in [9.17, 15) is 5.11 Å². The Morgan fingerprint density at radius 3 is 2.29 bits per heavy atom. The van der Waals surface area contributed by atoms with Crippen LogP contribution < -0.4 is 0 Å². The fraction of sp³-hybridized carbons (Fsp3) is 1.00. The van der Waals surface area contributed by atoms with Gasteiger partial charge >= 0.3 is 0 Å². The van der Waals surface area contributed by atoms with E-state index in [0.717, 1.165) is 0 Å². The molecule has 2 nitrogen and oxygen atoms in total. The summed E-state index contributed by atoms with van der Waals surface area (Å²) in [6, 6.07) is 0.707. The van der Waals surface area contributed by atoms with Gasteiger partial charge in [0.05, 0.1) is 0 Å². The third-order valence-electron chi connectivity index (χ3n) is 3.96. The molecule has 0 aromatic heterocycles. The van der Waals surface area contributed by atoms with Crippen LogP contribution in [0, 0.1) is 5.92 Å². The molecule has 2 atom stereocenters. The Bertz CT molecular complexity index is 164. The molecule has 2 aliphatic rings. The molecular weight excluding hydrogens is 174 g/mol. The Balaban J connectivity index is 1.91. The van der Waals surface area contributed by atoms with E-state index in [4.69, 9.17) is 0 Å². The lowest BCUT2D eigenvalue weighted by Gasteiger charge is -2.31. The molecule has 0 aromatic carbocycles. The van der Waals surface area contributed by atoms with Crippen LogP contribution in [0.5, 0.6) is 0 Å². The largest absolute Gasteiger partial charge is 0.396 e. The Hall–Kier alpha value is -0.0800. The summed E-state index contributed by atoms with van der Waals surface area (Å²) in [4.78, 5) is 2.65. The molecule has 2 heteroatoms. The molecular formula is C12H23NO. The predicted molar refractivity (Wildman–Crippen MR) is 58.3 cm³/mol. The van der Waals surface area contributed by atoms with Crippen LogP contribution in [0.15, 0.2) is 0 Å². The molecule has 2 fully saturated rings. The van der Waals surface area contributed by atoms with Gasteiger partial charge in [0.1, 0.15) is 0 Å². The third-order valence-corrected chi connectivity index (χ3v) is 3.96. The van der Waals surface area contributed by atoms with Crippen molar-refractivity contribution < 1.29 is 5.11 Å². The van der Waals surface area contributed by atoms with Gasteiger partial charge in [-0.2, -0.15) is 0 Å². The standard InChI is InChI=1S/C12H23NO/c14-10-11-6-5-7-12(11)13-8-3-1-2-4-9-13/h11-12,14H,1-10H2. The molecule has 0 radical (unpaired) electrons. The van der Waals surface area contributed by atoms with Crippen molar-refractivity contribution in [3.8, 4) is 0 Å². The highest BCUT2D eigenvalue weighted by molar-refractivity contribution is 4.85. The minimum Gasteiger partial charge on any atom is -0.396 e. The fourth-order valence-electron chi connectivity index (χ4n) is 3.14. The van der Waals surface area contributed by atoms with Gasteiger partial charge in [-0.05, 0) is 44.7 Å². The molecule has 2 rings (SSSR count). The highest BCUT2D eigenvalue weighted by Gasteiger charge is 2.31. The number of hydrogen-bond donors (Lipinski definition) is 1. The Kier molecular flexibility index (Phi) is 3.82. The number of hydrogen-bond acceptors (Lipinski definition) is 2. The number of rotatable bonds is 2. The van der Waals surface area contributed by atoms with Crippen LogP contribution in [0.1, 0.15) is 44.9 Å². The molecule has 1 aliphatic heterocycles. The smallest absolute Gasteiger partial charge is 0.0474 e. The molecule has 0 aromatic rings. The quantitative estimate of drug-likeness (QED) is 0.732. The van der Waals surface area contributed by atoms with Crippen molar-refractivity contribution >= 4 is 0 Å². The normalized spacial score (nSPS) is 35.8. The van der Waals surface area contributed by atoms with Crippen LogP contribution in [-0.4, -0.2) is 35.7 Å². The molecule has 1 saturated heterocycles. The number of likely N-dealkylation sites (tertiary alicyclic amines) is 1.